The number of nitrogen functional groups attached to an aromatic ring is 1. The summed E-state index contributed by atoms with van der Waals surface area (Å²) in [5, 5.41) is 18.7. The molecule has 0 bridgehead atoms. The van der Waals surface area contributed by atoms with Gasteiger partial charge >= 0.3 is 5.69 Å². The minimum absolute atomic E-state index is 0.0521. The SMILES string of the molecule is Cc1cn(C2OC(CO)[C@@H](O)[C@H]2OF)c(=O)nc1N. The number of aryl methyl sites for hydroxylation is 1. The molecule has 106 valence electrons. The Kier molecular flexibility index (Phi) is 3.80. The van der Waals surface area contributed by atoms with Crippen molar-refractivity contribution in [1.29, 1.82) is 0 Å². The number of hydrogen-bond acceptors (Lipinski definition) is 7. The van der Waals surface area contributed by atoms with Gasteiger partial charge in [0, 0.05) is 11.8 Å². The van der Waals surface area contributed by atoms with Gasteiger partial charge in [0.05, 0.1) is 6.61 Å². The van der Waals surface area contributed by atoms with Crippen LogP contribution in [0.4, 0.5) is 10.3 Å². The van der Waals surface area contributed by atoms with Crippen LogP contribution in [0.2, 0.25) is 0 Å². The number of halogens is 1. The number of aromatic nitrogens is 2. The van der Waals surface area contributed by atoms with Crippen LogP contribution in [-0.4, -0.2) is 44.7 Å². The number of ether oxygens (including phenoxy) is 1. The number of nitrogens with zero attached hydrogens (tertiary/aromatic N) is 2. The first kappa shape index (κ1) is 13.9. The molecule has 0 spiro atoms. The van der Waals surface area contributed by atoms with Crippen LogP contribution in [0.3, 0.4) is 0 Å². The quantitative estimate of drug-likeness (QED) is 0.624. The average molecular weight is 275 g/mol. The summed E-state index contributed by atoms with van der Waals surface area (Å²) >= 11 is 0. The lowest BCUT2D eigenvalue weighted by Gasteiger charge is -2.18. The van der Waals surface area contributed by atoms with Crippen molar-refractivity contribution in [3.05, 3.63) is 22.2 Å². The molecule has 4 N–H and O–H groups in total. The number of rotatable bonds is 3. The average Bonchev–Trinajstić information content (AvgIpc) is 2.70. The van der Waals surface area contributed by atoms with E-state index in [1.807, 2.05) is 0 Å². The molecular formula is C10H14FN3O5. The highest BCUT2D eigenvalue weighted by Crippen LogP contribution is 2.31. The van der Waals surface area contributed by atoms with Gasteiger partial charge in [-0.15, -0.1) is 0 Å². The van der Waals surface area contributed by atoms with E-state index in [2.05, 4.69) is 9.93 Å². The maximum Gasteiger partial charge on any atom is 0.351 e. The summed E-state index contributed by atoms with van der Waals surface area (Å²) in [6.07, 6.45) is -3.77. The molecule has 19 heavy (non-hydrogen) atoms. The molecule has 0 saturated carbocycles. The van der Waals surface area contributed by atoms with Gasteiger partial charge in [-0.3, -0.25) is 4.57 Å². The molecule has 8 nitrogen and oxygen atoms in total. The Bertz CT molecular complexity index is 522. The van der Waals surface area contributed by atoms with E-state index in [1.54, 1.807) is 6.92 Å². The van der Waals surface area contributed by atoms with E-state index in [9.17, 15) is 14.4 Å². The van der Waals surface area contributed by atoms with Crippen molar-refractivity contribution in [2.24, 2.45) is 0 Å². The van der Waals surface area contributed by atoms with Crippen molar-refractivity contribution in [3.8, 4) is 0 Å². The zero-order chi connectivity index (χ0) is 14.2. The molecule has 1 aliphatic rings. The Morgan fingerprint density at radius 2 is 2.37 bits per heavy atom. The first-order chi connectivity index (χ1) is 8.99. The third kappa shape index (κ3) is 2.32. The summed E-state index contributed by atoms with van der Waals surface area (Å²) in [6, 6.07) is 0. The number of hydrogen-bond donors (Lipinski definition) is 3. The zero-order valence-corrected chi connectivity index (χ0v) is 10.1. The Balaban J connectivity index is 2.41. The molecule has 2 heterocycles. The van der Waals surface area contributed by atoms with Crippen molar-refractivity contribution in [2.45, 2.75) is 31.5 Å². The van der Waals surface area contributed by atoms with Gasteiger partial charge in [0.2, 0.25) is 0 Å². The second-order valence-corrected chi connectivity index (χ2v) is 4.29. The van der Waals surface area contributed by atoms with Gasteiger partial charge in [-0.05, 0) is 11.4 Å². The van der Waals surface area contributed by atoms with Gasteiger partial charge in [0.25, 0.3) is 0 Å². The third-order valence-electron chi connectivity index (χ3n) is 3.04. The predicted molar refractivity (Wildman–Crippen MR) is 60.6 cm³/mol. The Morgan fingerprint density at radius 1 is 1.68 bits per heavy atom. The van der Waals surface area contributed by atoms with E-state index < -0.39 is 36.8 Å². The van der Waals surface area contributed by atoms with Crippen LogP contribution in [0, 0.1) is 6.92 Å². The minimum Gasteiger partial charge on any atom is -0.394 e. The highest BCUT2D eigenvalue weighted by atomic mass is 19.3. The van der Waals surface area contributed by atoms with Crippen LogP contribution in [-0.2, 0) is 9.68 Å². The molecule has 2 unspecified atom stereocenters. The highest BCUT2D eigenvalue weighted by molar-refractivity contribution is 5.35. The van der Waals surface area contributed by atoms with Gasteiger partial charge in [0.1, 0.15) is 18.0 Å². The number of nitrogens with two attached hydrogens (primary N) is 1. The lowest BCUT2D eigenvalue weighted by Crippen LogP contribution is -2.37. The van der Waals surface area contributed by atoms with Gasteiger partial charge in [0.15, 0.2) is 12.3 Å². The Hall–Kier alpha value is -1.55. The third-order valence-corrected chi connectivity index (χ3v) is 3.04. The lowest BCUT2D eigenvalue weighted by atomic mass is 10.1. The van der Waals surface area contributed by atoms with E-state index >= 15 is 0 Å². The number of aliphatic hydroxyl groups excluding tert-OH is 2. The van der Waals surface area contributed by atoms with Crippen molar-refractivity contribution in [3.63, 3.8) is 0 Å². The molecule has 0 aromatic carbocycles. The van der Waals surface area contributed by atoms with E-state index in [4.69, 9.17) is 15.6 Å². The van der Waals surface area contributed by atoms with Gasteiger partial charge in [-0.1, -0.05) is 0 Å². The molecule has 0 radical (unpaired) electrons. The monoisotopic (exact) mass is 275 g/mol. The summed E-state index contributed by atoms with van der Waals surface area (Å²) in [4.78, 5) is 18.9. The fourth-order valence-corrected chi connectivity index (χ4v) is 1.95. The van der Waals surface area contributed by atoms with Crippen molar-refractivity contribution >= 4 is 5.82 Å². The standard InChI is InChI=1S/C10H14FN3O5/c1-4-2-14(10(17)13-8(4)12)9-7(19-11)6(16)5(3-15)18-9/h2,5-7,9,15-16H,3H2,1H3,(H2,12,13,17)/t5?,6-,7-,9?/m1/s1. The van der Waals surface area contributed by atoms with Crippen molar-refractivity contribution in [2.75, 3.05) is 12.3 Å². The smallest absolute Gasteiger partial charge is 0.351 e. The zero-order valence-electron chi connectivity index (χ0n) is 10.1. The van der Waals surface area contributed by atoms with E-state index in [1.165, 1.54) is 6.20 Å². The summed E-state index contributed by atoms with van der Waals surface area (Å²) in [6.45, 7) is 1.08. The van der Waals surface area contributed by atoms with Crippen molar-refractivity contribution < 1.29 is 24.4 Å². The van der Waals surface area contributed by atoms with Crippen molar-refractivity contribution in [1.82, 2.24) is 9.55 Å². The maximum absolute atomic E-state index is 12.5. The molecule has 2 rings (SSSR count). The van der Waals surface area contributed by atoms with Crippen LogP contribution in [0.15, 0.2) is 11.0 Å². The Labute approximate surface area is 107 Å². The molecular weight excluding hydrogens is 261 g/mol. The molecule has 9 heteroatoms. The molecule has 1 aromatic rings. The maximum atomic E-state index is 12.5. The predicted octanol–water partition coefficient (Wildman–Crippen LogP) is -1.35. The summed E-state index contributed by atoms with van der Waals surface area (Å²) < 4.78 is 18.7. The molecule has 0 amide bonds. The molecule has 1 aliphatic heterocycles. The van der Waals surface area contributed by atoms with Gasteiger partial charge in [-0.2, -0.15) is 9.93 Å². The van der Waals surface area contributed by atoms with Crippen LogP contribution in [0.25, 0.3) is 0 Å². The van der Waals surface area contributed by atoms with Gasteiger partial charge in [-0.25, -0.2) is 4.79 Å². The lowest BCUT2D eigenvalue weighted by molar-refractivity contribution is -0.221. The number of anilines is 1. The summed E-state index contributed by atoms with van der Waals surface area (Å²) in [5.74, 6) is 0.0521. The van der Waals surface area contributed by atoms with E-state index in [-0.39, 0.29) is 5.82 Å². The molecule has 1 fully saturated rings. The van der Waals surface area contributed by atoms with Crippen LogP contribution in [0.5, 0.6) is 0 Å². The topological polar surface area (TPSA) is 120 Å². The summed E-state index contributed by atoms with van der Waals surface area (Å²) in [5.41, 5.74) is 5.20. The van der Waals surface area contributed by atoms with E-state index in [0.29, 0.717) is 5.56 Å². The van der Waals surface area contributed by atoms with Gasteiger partial charge < -0.3 is 20.7 Å². The fraction of sp³-hybridized carbons (Fsp3) is 0.600. The fourth-order valence-electron chi connectivity index (χ4n) is 1.95. The first-order valence-corrected chi connectivity index (χ1v) is 5.56. The molecule has 0 aliphatic carbocycles. The molecule has 1 saturated heterocycles. The van der Waals surface area contributed by atoms with Crippen LogP contribution < -0.4 is 11.4 Å². The van der Waals surface area contributed by atoms with Crippen LogP contribution in [0.1, 0.15) is 11.8 Å². The number of aliphatic hydroxyl groups is 2. The highest BCUT2D eigenvalue weighted by Gasteiger charge is 2.46. The molecule has 1 aromatic heterocycles. The summed E-state index contributed by atoms with van der Waals surface area (Å²) in [7, 11) is 0. The minimum atomic E-state index is -1.43. The molecule has 4 atom stereocenters. The second kappa shape index (κ2) is 5.21. The van der Waals surface area contributed by atoms with Crippen LogP contribution >= 0.6 is 0 Å². The second-order valence-electron chi connectivity index (χ2n) is 4.29. The normalized spacial score (nSPS) is 30.7. The first-order valence-electron chi connectivity index (χ1n) is 5.56. The van der Waals surface area contributed by atoms with E-state index in [0.717, 1.165) is 4.57 Å². The Morgan fingerprint density at radius 3 is 2.95 bits per heavy atom. The largest absolute Gasteiger partial charge is 0.394 e.